The second-order valence-corrected chi connectivity index (χ2v) is 4.21. The average Bonchev–Trinajstić information content (AvgIpc) is 2.78. The lowest BCUT2D eigenvalue weighted by Crippen LogP contribution is -2.18. The summed E-state index contributed by atoms with van der Waals surface area (Å²) in [6.45, 7) is 5.20. The van der Waals surface area contributed by atoms with Crippen LogP contribution in [0.2, 0.25) is 0 Å². The first-order chi connectivity index (χ1) is 7.75. The number of hydrogen-bond acceptors (Lipinski definition) is 1. The summed E-state index contributed by atoms with van der Waals surface area (Å²) < 4.78 is 0. The molecule has 0 aliphatic heterocycles. The lowest BCUT2D eigenvalue weighted by molar-refractivity contribution is 0.569. The van der Waals surface area contributed by atoms with Crippen molar-refractivity contribution in [3.8, 4) is 0 Å². The van der Waals surface area contributed by atoms with Crippen LogP contribution in [0.1, 0.15) is 29.8 Å². The maximum absolute atomic E-state index is 3.50. The Labute approximate surface area is 96.7 Å². The minimum absolute atomic E-state index is 0.378. The van der Waals surface area contributed by atoms with Crippen LogP contribution in [0.5, 0.6) is 0 Å². The highest BCUT2D eigenvalue weighted by Crippen LogP contribution is 2.14. The van der Waals surface area contributed by atoms with Gasteiger partial charge in [-0.05, 0) is 31.5 Å². The van der Waals surface area contributed by atoms with E-state index < -0.39 is 0 Å². The Kier molecular flexibility index (Phi) is 3.42. The molecule has 1 aromatic carbocycles. The lowest BCUT2D eigenvalue weighted by atomic mass is 10.1. The van der Waals surface area contributed by atoms with Crippen molar-refractivity contribution in [1.82, 2.24) is 10.3 Å². The lowest BCUT2D eigenvalue weighted by Gasteiger charge is -2.14. The van der Waals surface area contributed by atoms with Gasteiger partial charge in [-0.25, -0.2) is 0 Å². The van der Waals surface area contributed by atoms with Crippen LogP contribution < -0.4 is 5.32 Å². The fraction of sp³-hybridized carbons (Fsp3) is 0.286. The minimum atomic E-state index is 0.378. The maximum Gasteiger partial charge on any atom is 0.0362 e. The molecule has 16 heavy (non-hydrogen) atoms. The van der Waals surface area contributed by atoms with Crippen LogP contribution in [0.15, 0.2) is 42.6 Å². The highest BCUT2D eigenvalue weighted by atomic mass is 14.9. The van der Waals surface area contributed by atoms with Gasteiger partial charge in [0.1, 0.15) is 0 Å². The third-order valence-corrected chi connectivity index (χ3v) is 2.80. The molecule has 0 aliphatic carbocycles. The van der Waals surface area contributed by atoms with Gasteiger partial charge in [0.15, 0.2) is 0 Å². The molecule has 1 heterocycles. The number of hydrogen-bond donors (Lipinski definition) is 2. The monoisotopic (exact) mass is 214 g/mol. The quantitative estimate of drug-likeness (QED) is 0.803. The molecule has 0 saturated carbocycles. The van der Waals surface area contributed by atoms with Crippen molar-refractivity contribution >= 4 is 0 Å². The van der Waals surface area contributed by atoms with E-state index in [1.165, 1.54) is 16.8 Å². The van der Waals surface area contributed by atoms with E-state index in [0.717, 1.165) is 6.54 Å². The molecule has 0 spiro atoms. The van der Waals surface area contributed by atoms with Gasteiger partial charge in [0.2, 0.25) is 0 Å². The van der Waals surface area contributed by atoms with Gasteiger partial charge in [-0.3, -0.25) is 0 Å². The molecular formula is C14H18N2. The highest BCUT2D eigenvalue weighted by molar-refractivity contribution is 5.24. The van der Waals surface area contributed by atoms with E-state index in [4.69, 9.17) is 0 Å². The van der Waals surface area contributed by atoms with Crippen LogP contribution in [-0.2, 0) is 6.54 Å². The number of benzene rings is 1. The molecule has 0 radical (unpaired) electrons. The van der Waals surface area contributed by atoms with Crippen molar-refractivity contribution in [1.29, 1.82) is 0 Å². The molecule has 0 fully saturated rings. The summed E-state index contributed by atoms with van der Waals surface area (Å²) in [6, 6.07) is 13.1. The van der Waals surface area contributed by atoms with Gasteiger partial charge in [-0.15, -0.1) is 0 Å². The Morgan fingerprint density at radius 3 is 2.81 bits per heavy atom. The molecule has 0 aliphatic rings. The summed E-state index contributed by atoms with van der Waals surface area (Å²) in [6.07, 6.45) is 1.95. The Bertz CT molecular complexity index is 432. The van der Waals surface area contributed by atoms with Crippen LogP contribution >= 0.6 is 0 Å². The molecule has 84 valence electrons. The highest BCUT2D eigenvalue weighted by Gasteiger charge is 2.04. The summed E-state index contributed by atoms with van der Waals surface area (Å²) in [5.41, 5.74) is 3.87. The van der Waals surface area contributed by atoms with Crippen molar-refractivity contribution < 1.29 is 0 Å². The SMILES string of the molecule is Cc1cccc([C@@H](C)NCc2ccc[nH]2)c1. The summed E-state index contributed by atoms with van der Waals surface area (Å²) in [5.74, 6) is 0. The number of nitrogens with one attached hydrogen (secondary N) is 2. The molecule has 2 aromatic rings. The number of rotatable bonds is 4. The summed E-state index contributed by atoms with van der Waals surface area (Å²) >= 11 is 0. The van der Waals surface area contributed by atoms with Crippen molar-refractivity contribution in [3.05, 3.63) is 59.4 Å². The van der Waals surface area contributed by atoms with E-state index in [1.54, 1.807) is 0 Å². The molecule has 0 unspecified atom stereocenters. The van der Waals surface area contributed by atoms with E-state index in [1.807, 2.05) is 12.3 Å². The van der Waals surface area contributed by atoms with Gasteiger partial charge in [0.05, 0.1) is 0 Å². The van der Waals surface area contributed by atoms with Gasteiger partial charge in [-0.1, -0.05) is 29.8 Å². The molecule has 0 bridgehead atoms. The standard InChI is InChI=1S/C14H18N2/c1-11-5-3-6-13(9-11)12(2)16-10-14-7-4-8-15-14/h3-9,12,15-16H,10H2,1-2H3/t12-/m1/s1. The first kappa shape index (κ1) is 11.0. The molecule has 2 heteroatoms. The average molecular weight is 214 g/mol. The summed E-state index contributed by atoms with van der Waals surface area (Å²) in [7, 11) is 0. The van der Waals surface area contributed by atoms with Gasteiger partial charge < -0.3 is 10.3 Å². The Morgan fingerprint density at radius 1 is 1.25 bits per heavy atom. The minimum Gasteiger partial charge on any atom is -0.364 e. The molecule has 0 amide bonds. The van der Waals surface area contributed by atoms with Crippen LogP contribution in [0.4, 0.5) is 0 Å². The second kappa shape index (κ2) is 4.99. The zero-order valence-corrected chi connectivity index (χ0v) is 9.83. The van der Waals surface area contributed by atoms with E-state index in [0.29, 0.717) is 6.04 Å². The van der Waals surface area contributed by atoms with E-state index in [2.05, 4.69) is 54.5 Å². The Morgan fingerprint density at radius 2 is 2.12 bits per heavy atom. The van der Waals surface area contributed by atoms with Crippen LogP contribution in [0, 0.1) is 6.92 Å². The normalized spacial score (nSPS) is 12.6. The van der Waals surface area contributed by atoms with Gasteiger partial charge in [0.25, 0.3) is 0 Å². The summed E-state index contributed by atoms with van der Waals surface area (Å²) in [4.78, 5) is 3.19. The predicted molar refractivity (Wildman–Crippen MR) is 67.2 cm³/mol. The van der Waals surface area contributed by atoms with E-state index >= 15 is 0 Å². The van der Waals surface area contributed by atoms with Gasteiger partial charge in [0, 0.05) is 24.5 Å². The van der Waals surface area contributed by atoms with Crippen molar-refractivity contribution in [2.24, 2.45) is 0 Å². The number of H-pyrrole nitrogens is 1. The topological polar surface area (TPSA) is 27.8 Å². The first-order valence-electron chi connectivity index (χ1n) is 5.68. The van der Waals surface area contributed by atoms with Gasteiger partial charge >= 0.3 is 0 Å². The smallest absolute Gasteiger partial charge is 0.0362 e. The largest absolute Gasteiger partial charge is 0.364 e. The molecule has 0 saturated heterocycles. The van der Waals surface area contributed by atoms with Crippen LogP contribution in [-0.4, -0.2) is 4.98 Å². The predicted octanol–water partition coefficient (Wildman–Crippen LogP) is 3.17. The molecule has 1 atom stereocenters. The molecule has 2 nitrogen and oxygen atoms in total. The maximum atomic E-state index is 3.50. The number of aryl methyl sites for hydroxylation is 1. The molecule has 2 N–H and O–H groups in total. The van der Waals surface area contributed by atoms with Gasteiger partial charge in [-0.2, -0.15) is 0 Å². The van der Waals surface area contributed by atoms with Crippen molar-refractivity contribution in [2.45, 2.75) is 26.4 Å². The third-order valence-electron chi connectivity index (χ3n) is 2.80. The van der Waals surface area contributed by atoms with E-state index in [9.17, 15) is 0 Å². The Hall–Kier alpha value is -1.54. The van der Waals surface area contributed by atoms with E-state index in [-0.39, 0.29) is 0 Å². The molecular weight excluding hydrogens is 196 g/mol. The molecule has 2 rings (SSSR count). The third kappa shape index (κ3) is 2.74. The fourth-order valence-corrected chi connectivity index (χ4v) is 1.80. The Balaban J connectivity index is 1.95. The van der Waals surface area contributed by atoms with Crippen molar-refractivity contribution in [3.63, 3.8) is 0 Å². The van der Waals surface area contributed by atoms with Crippen molar-refractivity contribution in [2.75, 3.05) is 0 Å². The zero-order chi connectivity index (χ0) is 11.4. The second-order valence-electron chi connectivity index (χ2n) is 4.21. The summed E-state index contributed by atoms with van der Waals surface area (Å²) in [5, 5.41) is 3.50. The number of aromatic amines is 1. The van der Waals surface area contributed by atoms with Crippen LogP contribution in [0.3, 0.4) is 0 Å². The number of aromatic nitrogens is 1. The zero-order valence-electron chi connectivity index (χ0n) is 9.83. The fourth-order valence-electron chi connectivity index (χ4n) is 1.80. The van der Waals surface area contributed by atoms with Crippen LogP contribution in [0.25, 0.3) is 0 Å². The molecule has 1 aromatic heterocycles. The first-order valence-corrected chi connectivity index (χ1v) is 5.68.